The van der Waals surface area contributed by atoms with E-state index in [2.05, 4.69) is 51.3 Å². The lowest BCUT2D eigenvalue weighted by Crippen LogP contribution is -2.27. The highest BCUT2D eigenvalue weighted by Crippen LogP contribution is 2.31. The second-order valence-corrected chi connectivity index (χ2v) is 9.52. The van der Waals surface area contributed by atoms with Crippen molar-refractivity contribution in [2.45, 2.75) is 68.0 Å². The number of allylic oxidation sites excluding steroid dienone is 3. The molecule has 0 aliphatic carbocycles. The molecule has 0 spiro atoms. The van der Waals surface area contributed by atoms with Gasteiger partial charge >= 0.3 is 12.1 Å². The van der Waals surface area contributed by atoms with E-state index in [-0.39, 0.29) is 5.75 Å². The molecule has 2 aromatic heterocycles. The van der Waals surface area contributed by atoms with Gasteiger partial charge in [0.2, 0.25) is 0 Å². The fourth-order valence-electron chi connectivity index (χ4n) is 2.54. The molecular weight excluding hydrogens is 593 g/mol. The summed E-state index contributed by atoms with van der Waals surface area (Å²) in [7, 11) is -1.29. The molecule has 0 N–H and O–H groups in total. The zero-order valence-electron chi connectivity index (χ0n) is 24.1. The Kier molecular flexibility index (Phi) is 19.9. The molecule has 1 unspecified atom stereocenters. The van der Waals surface area contributed by atoms with Gasteiger partial charge in [-0.05, 0) is 66.9 Å². The van der Waals surface area contributed by atoms with Crippen LogP contribution < -0.4 is 4.74 Å². The number of pyridine rings is 1. The molecule has 0 radical (unpaired) electrons. The van der Waals surface area contributed by atoms with Crippen LogP contribution in [0, 0.1) is 0 Å². The summed E-state index contributed by atoms with van der Waals surface area (Å²) in [5.41, 5.74) is 2.79. The van der Waals surface area contributed by atoms with Gasteiger partial charge in [0.25, 0.3) is 0 Å². The van der Waals surface area contributed by atoms with Crippen LogP contribution in [0.3, 0.4) is 0 Å². The van der Waals surface area contributed by atoms with Gasteiger partial charge in [0.1, 0.15) is 16.7 Å². The smallest absolute Gasteiger partial charge is 0.420 e. The normalized spacial score (nSPS) is 10.9. The minimum atomic E-state index is -5.07. The van der Waals surface area contributed by atoms with Crippen molar-refractivity contribution in [3.05, 3.63) is 71.5 Å². The summed E-state index contributed by atoms with van der Waals surface area (Å²) in [6.07, 6.45) is 4.93. The fraction of sp³-hybridized carbons (Fsp3) is 0.379. The summed E-state index contributed by atoms with van der Waals surface area (Å²) >= 11 is 3.37. The summed E-state index contributed by atoms with van der Waals surface area (Å²) in [5, 5.41) is 0.690. The number of hydrogen-bond acceptors (Lipinski definition) is 4. The van der Waals surface area contributed by atoms with Gasteiger partial charge in [-0.1, -0.05) is 64.5 Å². The summed E-state index contributed by atoms with van der Waals surface area (Å²) in [5.74, 6) is -2.51. The van der Waals surface area contributed by atoms with Crippen LogP contribution >= 0.6 is 15.9 Å². The molecule has 3 aromatic rings. The van der Waals surface area contributed by atoms with Gasteiger partial charge in [-0.25, -0.2) is 18.0 Å². The van der Waals surface area contributed by atoms with Crippen molar-refractivity contribution in [3.8, 4) is 16.9 Å². The minimum absolute atomic E-state index is 0.226. The number of benzene rings is 1. The second kappa shape index (κ2) is 20.2. The van der Waals surface area contributed by atoms with Crippen LogP contribution in [0.1, 0.15) is 61.8 Å². The highest BCUT2D eigenvalue weighted by atomic mass is 79.9. The van der Waals surface area contributed by atoms with Crippen molar-refractivity contribution >= 4 is 43.9 Å². The largest absolute Gasteiger partial charge is 0.491 e. The van der Waals surface area contributed by atoms with Crippen molar-refractivity contribution < 1.29 is 26.9 Å². The third-order valence-electron chi connectivity index (χ3n) is 3.92. The molecule has 1 atom stereocenters. The Morgan fingerprint density at radius 3 is 2.15 bits per heavy atom. The number of carbonyl (C=O) groups excluding carboxylic acids is 1. The molecule has 1 aromatic carbocycles. The van der Waals surface area contributed by atoms with E-state index in [1.165, 1.54) is 40.2 Å². The van der Waals surface area contributed by atoms with Crippen LogP contribution in [0.4, 0.5) is 13.2 Å². The number of rotatable bonds is 4. The van der Waals surface area contributed by atoms with Gasteiger partial charge in [-0.15, -0.1) is 6.58 Å². The molecule has 0 fully saturated rings. The maximum absolute atomic E-state index is 12.3. The van der Waals surface area contributed by atoms with Crippen LogP contribution in [-0.2, 0) is 15.8 Å². The molecule has 10 heteroatoms. The Bertz CT molecular complexity index is 1220. The summed E-state index contributed by atoms with van der Waals surface area (Å²) in [4.78, 5) is 15.3. The zero-order chi connectivity index (χ0) is 30.8. The average Bonchev–Trinajstić information content (AvgIpc) is 3.23. The highest BCUT2D eigenvalue weighted by Gasteiger charge is 2.41. The number of hydrogen-bond donors (Lipinski definition) is 0. The molecule has 218 valence electrons. The van der Waals surface area contributed by atoms with E-state index in [4.69, 9.17) is 0 Å². The van der Waals surface area contributed by atoms with Crippen molar-refractivity contribution in [2.75, 3.05) is 6.26 Å². The number of aromatic nitrogens is 2. The topological polar surface area (TPSA) is 61.2 Å². The molecule has 3 rings (SSSR count). The number of carbonyl (C=O) groups is 1. The minimum Gasteiger partial charge on any atom is -0.420 e. The highest BCUT2D eigenvalue weighted by molar-refractivity contribution is 9.10. The van der Waals surface area contributed by atoms with Crippen molar-refractivity contribution in [1.82, 2.24) is 8.96 Å². The number of ether oxygens (including phenoxy) is 1. The Labute approximate surface area is 241 Å². The average molecular weight is 634 g/mol. The van der Waals surface area contributed by atoms with E-state index in [1.54, 1.807) is 18.3 Å². The third kappa shape index (κ3) is 14.3. The Morgan fingerprint density at radius 1 is 1.15 bits per heavy atom. The van der Waals surface area contributed by atoms with Crippen molar-refractivity contribution in [3.63, 3.8) is 0 Å². The van der Waals surface area contributed by atoms with E-state index >= 15 is 0 Å². The standard InChI is InChI=1S/C16H10BrF3N2O3S.C5H10.C4H8.2C2H6/c1-26(24)22-8-13(17)12-6-10(7-21-14(12)22)9-3-2-4-11(5-9)25-15(23)16(18,19)20;1-3-5-4-2;1-4(2)3;2*1-2/h2-8H,1H3;3,5H,4H2,1-2H3;1H2,2-3H3;2*1-2H3/b;5-3-;;;. The molecule has 0 saturated heterocycles. The number of halogens is 4. The number of esters is 1. The molecule has 5 nitrogen and oxygen atoms in total. The first kappa shape index (κ1) is 38.4. The second-order valence-electron chi connectivity index (χ2n) is 7.42. The molecule has 39 heavy (non-hydrogen) atoms. The van der Waals surface area contributed by atoms with E-state index in [0.717, 1.165) is 6.42 Å². The molecular formula is C29H40BrF3N2O3S. The van der Waals surface area contributed by atoms with Gasteiger partial charge in [0, 0.05) is 34.1 Å². The van der Waals surface area contributed by atoms with Gasteiger partial charge in [0.15, 0.2) is 5.65 Å². The third-order valence-corrected chi connectivity index (χ3v) is 5.39. The predicted octanol–water partition coefficient (Wildman–Crippen LogP) is 9.68. The van der Waals surface area contributed by atoms with Gasteiger partial charge in [-0.2, -0.15) is 13.2 Å². The maximum atomic E-state index is 12.3. The molecule has 2 heterocycles. The summed E-state index contributed by atoms with van der Waals surface area (Å²) in [6, 6.07) is 7.44. The number of fused-ring (bicyclic) bond motifs is 1. The van der Waals surface area contributed by atoms with E-state index in [1.807, 2.05) is 48.5 Å². The first-order chi connectivity index (χ1) is 18.3. The van der Waals surface area contributed by atoms with Gasteiger partial charge in [0.05, 0.1) is 0 Å². The first-order valence-electron chi connectivity index (χ1n) is 12.4. The molecule has 0 amide bonds. The van der Waals surface area contributed by atoms with Crippen molar-refractivity contribution in [2.24, 2.45) is 0 Å². The number of nitrogens with zero attached hydrogens (tertiary/aromatic N) is 2. The Balaban J connectivity index is 0. The van der Waals surface area contributed by atoms with Crippen molar-refractivity contribution in [1.29, 1.82) is 0 Å². The monoisotopic (exact) mass is 632 g/mol. The van der Waals surface area contributed by atoms with E-state index in [0.29, 0.717) is 26.6 Å². The van der Waals surface area contributed by atoms with Crippen LogP contribution in [-0.4, -0.2) is 31.6 Å². The molecule has 0 saturated carbocycles. The zero-order valence-corrected chi connectivity index (χ0v) is 26.6. The van der Waals surface area contributed by atoms with Gasteiger partial charge < -0.3 is 4.74 Å². The van der Waals surface area contributed by atoms with Crippen LogP contribution in [0.15, 0.2) is 71.5 Å². The molecule has 0 aliphatic heterocycles. The lowest BCUT2D eigenvalue weighted by Gasteiger charge is -2.08. The Hall–Kier alpha value is -2.72. The molecule has 0 aliphatic rings. The fourth-order valence-corrected chi connectivity index (χ4v) is 3.81. The van der Waals surface area contributed by atoms with Crippen LogP contribution in [0.25, 0.3) is 22.2 Å². The maximum Gasteiger partial charge on any atom is 0.491 e. The Morgan fingerprint density at radius 2 is 1.72 bits per heavy atom. The number of alkyl halides is 3. The predicted molar refractivity (Wildman–Crippen MR) is 162 cm³/mol. The first-order valence-corrected chi connectivity index (χ1v) is 14.8. The molecule has 0 bridgehead atoms. The quantitative estimate of drug-likeness (QED) is 0.163. The lowest BCUT2D eigenvalue weighted by atomic mass is 10.1. The van der Waals surface area contributed by atoms with Crippen LogP contribution in [0.5, 0.6) is 5.75 Å². The van der Waals surface area contributed by atoms with Gasteiger partial charge in [-0.3, -0.25) is 0 Å². The SMILES string of the molecule is C/C=C\CC.C=C(C)C.CC.CC.CS(=O)n1cc(Br)c2cc(-c3cccc(OC(=O)C(F)(F)F)c3)cnc21. The van der Waals surface area contributed by atoms with E-state index < -0.39 is 23.1 Å². The van der Waals surface area contributed by atoms with Crippen LogP contribution in [0.2, 0.25) is 0 Å². The summed E-state index contributed by atoms with van der Waals surface area (Å²) in [6.45, 7) is 19.7. The van der Waals surface area contributed by atoms with E-state index in [9.17, 15) is 22.2 Å². The lowest BCUT2D eigenvalue weighted by molar-refractivity contribution is -0.189. The summed E-state index contributed by atoms with van der Waals surface area (Å²) < 4.78 is 55.2.